The molecule has 0 aromatic heterocycles. The van der Waals surface area contributed by atoms with Crippen molar-refractivity contribution in [2.75, 3.05) is 7.11 Å². The second-order valence-electron chi connectivity index (χ2n) is 7.00. The average Bonchev–Trinajstić information content (AvgIpc) is 2.96. The molecule has 25 heavy (non-hydrogen) atoms. The average molecular weight is 357 g/mol. The Bertz CT molecular complexity index is 369. The van der Waals surface area contributed by atoms with Crippen molar-refractivity contribution in [3.63, 3.8) is 0 Å². The minimum atomic E-state index is -0.501. The van der Waals surface area contributed by atoms with Gasteiger partial charge in [0.25, 0.3) is 0 Å². The molecule has 0 spiro atoms. The first kappa shape index (κ1) is 21.8. The third-order valence-corrected chi connectivity index (χ3v) is 4.85. The molecule has 146 valence electrons. The fraction of sp³-hybridized carbons (Fsp3) is 0.900. The summed E-state index contributed by atoms with van der Waals surface area (Å²) < 4.78 is 15.3. The van der Waals surface area contributed by atoms with Gasteiger partial charge in [-0.05, 0) is 32.1 Å². The maximum Gasteiger partial charge on any atom is 0.509 e. The normalized spacial score (nSPS) is 19.5. The van der Waals surface area contributed by atoms with E-state index >= 15 is 0 Å². The first-order chi connectivity index (χ1) is 12.2. The number of hydrogen-bond acceptors (Lipinski definition) is 5. The first-order valence-electron chi connectivity index (χ1n) is 10.1. The molecule has 1 rings (SSSR count). The lowest BCUT2D eigenvalue weighted by molar-refractivity contribution is -0.140. The molecule has 2 atom stereocenters. The highest BCUT2D eigenvalue weighted by Gasteiger charge is 2.35. The van der Waals surface area contributed by atoms with E-state index in [1.807, 2.05) is 0 Å². The maximum atomic E-state index is 11.4. The van der Waals surface area contributed by atoms with Crippen LogP contribution in [-0.4, -0.2) is 31.4 Å². The van der Waals surface area contributed by atoms with Crippen molar-refractivity contribution in [2.45, 2.75) is 109 Å². The predicted octanol–water partition coefficient (Wildman–Crippen LogP) is 5.54. The van der Waals surface area contributed by atoms with Crippen molar-refractivity contribution in [1.29, 1.82) is 0 Å². The summed E-state index contributed by atoms with van der Waals surface area (Å²) in [5.74, 6) is -0.132. The van der Waals surface area contributed by atoms with Crippen LogP contribution in [0.4, 0.5) is 4.79 Å². The number of esters is 1. The van der Waals surface area contributed by atoms with Gasteiger partial charge in [-0.3, -0.25) is 4.79 Å². The van der Waals surface area contributed by atoms with Crippen LogP contribution in [0.15, 0.2) is 0 Å². The topological polar surface area (TPSA) is 61.8 Å². The molecule has 1 fully saturated rings. The summed E-state index contributed by atoms with van der Waals surface area (Å²) in [5.41, 5.74) is 0. The molecule has 5 nitrogen and oxygen atoms in total. The van der Waals surface area contributed by atoms with Crippen LogP contribution in [0.2, 0.25) is 0 Å². The molecule has 0 aliphatic carbocycles. The standard InChI is InChI=1S/C20H36O5/c1-3-4-5-6-8-11-14-17-18(25-20(22)24-17)15-12-9-7-10-13-16-19(21)23-2/h17-18H,3-16H2,1-2H3/t17-,18-/m1/s1. The first-order valence-corrected chi connectivity index (χ1v) is 10.1. The number of carbonyl (C=O) groups excluding carboxylic acids is 2. The zero-order valence-electron chi connectivity index (χ0n) is 16.1. The van der Waals surface area contributed by atoms with Gasteiger partial charge in [0.05, 0.1) is 7.11 Å². The Balaban J connectivity index is 2.06. The van der Waals surface area contributed by atoms with Crippen LogP contribution in [0.5, 0.6) is 0 Å². The van der Waals surface area contributed by atoms with E-state index in [1.54, 1.807) is 0 Å². The number of hydrogen-bond donors (Lipinski definition) is 0. The van der Waals surface area contributed by atoms with Crippen molar-refractivity contribution < 1.29 is 23.8 Å². The van der Waals surface area contributed by atoms with Crippen LogP contribution in [-0.2, 0) is 19.0 Å². The van der Waals surface area contributed by atoms with E-state index < -0.39 is 6.16 Å². The Morgan fingerprint density at radius 1 is 0.840 bits per heavy atom. The molecule has 0 amide bonds. The number of carbonyl (C=O) groups is 2. The SMILES string of the molecule is CCCCCCCC[C@H]1OC(=O)O[C@@H]1CCCCCCCC(=O)OC. The molecule has 5 heteroatoms. The van der Waals surface area contributed by atoms with Crippen molar-refractivity contribution in [3.8, 4) is 0 Å². The molecule has 1 aliphatic heterocycles. The van der Waals surface area contributed by atoms with Gasteiger partial charge in [-0.25, -0.2) is 4.79 Å². The molecule has 0 aromatic rings. The van der Waals surface area contributed by atoms with Crippen LogP contribution in [0.3, 0.4) is 0 Å². The Hall–Kier alpha value is -1.26. The molecule has 0 N–H and O–H groups in total. The number of rotatable bonds is 15. The molecule has 1 heterocycles. The summed E-state index contributed by atoms with van der Waals surface area (Å²) >= 11 is 0. The maximum absolute atomic E-state index is 11.4. The van der Waals surface area contributed by atoms with Gasteiger partial charge in [0.2, 0.25) is 0 Å². The summed E-state index contributed by atoms with van der Waals surface area (Å²) in [4.78, 5) is 22.4. The molecule has 0 saturated carbocycles. The summed E-state index contributed by atoms with van der Waals surface area (Å²) in [5, 5.41) is 0. The van der Waals surface area contributed by atoms with Crippen molar-refractivity contribution >= 4 is 12.1 Å². The Kier molecular flexibility index (Phi) is 12.2. The van der Waals surface area contributed by atoms with Gasteiger partial charge in [0.15, 0.2) is 0 Å². The second-order valence-corrected chi connectivity index (χ2v) is 7.00. The van der Waals surface area contributed by atoms with Crippen LogP contribution in [0.1, 0.15) is 96.8 Å². The van der Waals surface area contributed by atoms with E-state index in [-0.39, 0.29) is 18.2 Å². The van der Waals surface area contributed by atoms with Crippen molar-refractivity contribution in [1.82, 2.24) is 0 Å². The summed E-state index contributed by atoms with van der Waals surface area (Å²) in [7, 11) is 1.43. The lowest BCUT2D eigenvalue weighted by Gasteiger charge is -2.15. The van der Waals surface area contributed by atoms with Crippen LogP contribution < -0.4 is 0 Å². The predicted molar refractivity (Wildman–Crippen MR) is 97.5 cm³/mol. The smallest absolute Gasteiger partial charge is 0.469 e. The molecule has 1 saturated heterocycles. The minimum Gasteiger partial charge on any atom is -0.469 e. The van der Waals surface area contributed by atoms with E-state index in [0.717, 1.165) is 51.4 Å². The summed E-state index contributed by atoms with van der Waals surface area (Å²) in [6.07, 6.45) is 14.3. The van der Waals surface area contributed by atoms with Crippen LogP contribution in [0.25, 0.3) is 0 Å². The monoisotopic (exact) mass is 356 g/mol. The van der Waals surface area contributed by atoms with Crippen molar-refractivity contribution in [3.05, 3.63) is 0 Å². The van der Waals surface area contributed by atoms with Gasteiger partial charge in [-0.1, -0.05) is 58.3 Å². The highest BCUT2D eigenvalue weighted by atomic mass is 16.8. The third kappa shape index (κ3) is 10.4. The fourth-order valence-corrected chi connectivity index (χ4v) is 3.29. The van der Waals surface area contributed by atoms with E-state index in [1.165, 1.54) is 39.2 Å². The van der Waals surface area contributed by atoms with Gasteiger partial charge >= 0.3 is 12.1 Å². The van der Waals surface area contributed by atoms with Gasteiger partial charge in [0, 0.05) is 6.42 Å². The second kappa shape index (κ2) is 14.0. The molecule has 0 bridgehead atoms. The lowest BCUT2D eigenvalue weighted by atomic mass is 9.99. The highest BCUT2D eigenvalue weighted by Crippen LogP contribution is 2.25. The Labute approximate surface area is 152 Å². The van der Waals surface area contributed by atoms with Gasteiger partial charge in [-0.2, -0.15) is 0 Å². The van der Waals surface area contributed by atoms with Gasteiger partial charge in [-0.15, -0.1) is 0 Å². The lowest BCUT2D eigenvalue weighted by Crippen LogP contribution is -2.22. The van der Waals surface area contributed by atoms with Gasteiger partial charge < -0.3 is 14.2 Å². The molecule has 0 radical (unpaired) electrons. The van der Waals surface area contributed by atoms with E-state index in [2.05, 4.69) is 11.7 Å². The van der Waals surface area contributed by atoms with E-state index in [4.69, 9.17) is 9.47 Å². The quantitative estimate of drug-likeness (QED) is 0.284. The number of ether oxygens (including phenoxy) is 3. The van der Waals surface area contributed by atoms with E-state index in [0.29, 0.717) is 6.42 Å². The summed E-state index contributed by atoms with van der Waals surface area (Å²) in [6.45, 7) is 2.22. The number of unbranched alkanes of at least 4 members (excludes halogenated alkanes) is 9. The van der Waals surface area contributed by atoms with Crippen LogP contribution >= 0.6 is 0 Å². The van der Waals surface area contributed by atoms with Crippen LogP contribution in [0, 0.1) is 0 Å². The molecule has 0 unspecified atom stereocenters. The number of cyclic esters (lactones) is 2. The zero-order valence-corrected chi connectivity index (χ0v) is 16.1. The van der Waals surface area contributed by atoms with E-state index in [9.17, 15) is 9.59 Å². The Morgan fingerprint density at radius 3 is 1.84 bits per heavy atom. The third-order valence-electron chi connectivity index (χ3n) is 4.85. The largest absolute Gasteiger partial charge is 0.509 e. The molecule has 0 aromatic carbocycles. The zero-order chi connectivity index (χ0) is 18.3. The molecule has 1 aliphatic rings. The molecular formula is C20H36O5. The van der Waals surface area contributed by atoms with Gasteiger partial charge in [0.1, 0.15) is 12.2 Å². The molecular weight excluding hydrogens is 320 g/mol. The summed E-state index contributed by atoms with van der Waals surface area (Å²) in [6, 6.07) is 0. The Morgan fingerprint density at radius 2 is 1.32 bits per heavy atom. The fourth-order valence-electron chi connectivity index (χ4n) is 3.29. The highest BCUT2D eigenvalue weighted by molar-refractivity contribution is 5.68. The van der Waals surface area contributed by atoms with Crippen molar-refractivity contribution in [2.24, 2.45) is 0 Å². The minimum absolute atomic E-state index is 0.0574. The number of methoxy groups -OCH3 is 1.